The van der Waals surface area contributed by atoms with Gasteiger partial charge in [0.05, 0.1) is 0 Å². The zero-order valence-corrected chi connectivity index (χ0v) is 6.05. The molecule has 3 nitrogen and oxygen atoms in total. The monoisotopic (exact) mass is 130 g/mol. The number of carbonyl (C=O) groups is 1. The first kappa shape index (κ1) is 8.17. The van der Waals surface area contributed by atoms with Gasteiger partial charge in [0.15, 0.2) is 0 Å². The summed E-state index contributed by atoms with van der Waals surface area (Å²) in [6.45, 7) is 3.26. The van der Waals surface area contributed by atoms with Gasteiger partial charge in [-0.2, -0.15) is 0 Å². The molecule has 0 rings (SSSR count). The lowest BCUT2D eigenvalue weighted by atomic mass is 10.7. The normalized spacial score (nSPS) is 10.6. The molecule has 0 aliphatic heterocycles. The fourth-order valence-corrected chi connectivity index (χ4v) is 0.307. The fraction of sp³-hybridized carbons (Fsp3) is 0.500. The summed E-state index contributed by atoms with van der Waals surface area (Å²) >= 11 is 0. The van der Waals surface area contributed by atoms with Gasteiger partial charge in [0.2, 0.25) is 0 Å². The van der Waals surface area contributed by atoms with Crippen molar-refractivity contribution in [2.75, 3.05) is 21.1 Å². The lowest BCUT2D eigenvalue weighted by Gasteiger charge is -2.18. The Labute approximate surface area is 55.1 Å². The number of rotatable bonds is 2. The summed E-state index contributed by atoms with van der Waals surface area (Å²) in [6.07, 6.45) is 1.14. The van der Waals surface area contributed by atoms with Crippen LogP contribution in [0.5, 0.6) is 0 Å². The molecule has 3 heteroatoms. The Balaban J connectivity index is 3.74. The van der Waals surface area contributed by atoms with Crippen molar-refractivity contribution in [1.82, 2.24) is 0 Å². The molecule has 0 aromatic rings. The minimum atomic E-state index is -0.400. The van der Waals surface area contributed by atoms with Crippen LogP contribution in [0.3, 0.4) is 0 Å². The van der Waals surface area contributed by atoms with E-state index in [9.17, 15) is 4.79 Å². The molecule has 0 atom stereocenters. The maximum absolute atomic E-state index is 10.5. The Hall–Kier alpha value is -0.830. The van der Waals surface area contributed by atoms with Crippen LogP contribution in [0, 0.1) is 0 Å². The predicted molar refractivity (Wildman–Crippen MR) is 34.3 cm³/mol. The van der Waals surface area contributed by atoms with Crippen molar-refractivity contribution in [1.29, 1.82) is 0 Å². The molecule has 52 valence electrons. The summed E-state index contributed by atoms with van der Waals surface area (Å²) < 4.78 is 0.171. The maximum atomic E-state index is 10.5. The lowest BCUT2D eigenvalue weighted by Crippen LogP contribution is -2.36. The summed E-state index contributed by atoms with van der Waals surface area (Å²) in [5.41, 5.74) is 0. The summed E-state index contributed by atoms with van der Waals surface area (Å²) in [5.74, 6) is -0.400. The van der Waals surface area contributed by atoms with Gasteiger partial charge >= 0.3 is 5.97 Å². The van der Waals surface area contributed by atoms with E-state index in [1.54, 1.807) is 21.1 Å². The van der Waals surface area contributed by atoms with Gasteiger partial charge in [0.25, 0.3) is 0 Å². The topological polar surface area (TPSA) is 26.3 Å². The van der Waals surface area contributed by atoms with Crippen LogP contribution in [0.15, 0.2) is 12.7 Å². The molecular weight excluding hydrogens is 118 g/mol. The molecule has 0 aromatic heterocycles. The van der Waals surface area contributed by atoms with Crippen LogP contribution < -0.4 is 0 Å². The van der Waals surface area contributed by atoms with Crippen molar-refractivity contribution in [2.24, 2.45) is 0 Å². The Morgan fingerprint density at radius 2 is 2.00 bits per heavy atom. The highest BCUT2D eigenvalue weighted by Gasteiger charge is 2.11. The van der Waals surface area contributed by atoms with Crippen molar-refractivity contribution in [2.45, 2.75) is 0 Å². The number of carbonyl (C=O) groups excluding carboxylic acids is 1. The van der Waals surface area contributed by atoms with Crippen molar-refractivity contribution in [3.8, 4) is 0 Å². The summed E-state index contributed by atoms with van der Waals surface area (Å²) in [7, 11) is 5.25. The van der Waals surface area contributed by atoms with E-state index in [1.165, 1.54) is 0 Å². The SMILES string of the molecule is C=CC(=O)O[N+](C)(C)C. The van der Waals surface area contributed by atoms with Crippen molar-refractivity contribution in [3.63, 3.8) is 0 Å². The van der Waals surface area contributed by atoms with Crippen LogP contribution in [-0.4, -0.2) is 31.8 Å². The van der Waals surface area contributed by atoms with Crippen LogP contribution in [0.4, 0.5) is 0 Å². The highest BCUT2D eigenvalue weighted by atomic mass is 16.7. The number of nitrogens with zero attached hydrogens (tertiary/aromatic N) is 1. The molecule has 0 aliphatic rings. The van der Waals surface area contributed by atoms with Gasteiger partial charge in [-0.15, -0.1) is 4.65 Å². The second kappa shape index (κ2) is 2.64. The molecule has 0 aliphatic carbocycles. The first-order chi connectivity index (χ1) is 3.95. The van der Waals surface area contributed by atoms with E-state index in [1.807, 2.05) is 0 Å². The third kappa shape index (κ3) is 5.03. The van der Waals surface area contributed by atoms with E-state index in [0.717, 1.165) is 6.08 Å². The predicted octanol–water partition coefficient (Wildman–Crippen LogP) is 0.337. The Morgan fingerprint density at radius 3 is 2.11 bits per heavy atom. The van der Waals surface area contributed by atoms with Crippen molar-refractivity contribution >= 4 is 5.97 Å². The molecule has 0 amide bonds. The van der Waals surface area contributed by atoms with E-state index in [2.05, 4.69) is 6.58 Å². The Kier molecular flexibility index (Phi) is 2.40. The van der Waals surface area contributed by atoms with Crippen LogP contribution in [0.1, 0.15) is 0 Å². The van der Waals surface area contributed by atoms with Crippen LogP contribution >= 0.6 is 0 Å². The van der Waals surface area contributed by atoms with E-state index in [4.69, 9.17) is 4.84 Å². The highest BCUT2D eigenvalue weighted by molar-refractivity contribution is 5.80. The van der Waals surface area contributed by atoms with Gasteiger partial charge in [0.1, 0.15) is 21.1 Å². The Morgan fingerprint density at radius 1 is 1.56 bits per heavy atom. The zero-order valence-electron chi connectivity index (χ0n) is 6.05. The average molecular weight is 130 g/mol. The van der Waals surface area contributed by atoms with E-state index < -0.39 is 5.97 Å². The lowest BCUT2D eigenvalue weighted by molar-refractivity contribution is -1.04. The summed E-state index contributed by atoms with van der Waals surface area (Å²) in [6, 6.07) is 0. The molecule has 0 fully saturated rings. The third-order valence-corrected chi connectivity index (χ3v) is 0.531. The number of hydrogen-bond donors (Lipinski definition) is 0. The van der Waals surface area contributed by atoms with Crippen molar-refractivity contribution in [3.05, 3.63) is 12.7 Å². The largest absolute Gasteiger partial charge is 0.389 e. The second-order valence-corrected chi connectivity index (χ2v) is 2.50. The molecular formula is C6H12NO2+. The summed E-state index contributed by atoms with van der Waals surface area (Å²) in [5, 5.41) is 0. The van der Waals surface area contributed by atoms with Gasteiger partial charge < -0.3 is 0 Å². The molecule has 0 bridgehead atoms. The van der Waals surface area contributed by atoms with Gasteiger partial charge in [-0.05, 0) is 0 Å². The number of hydroxylamine groups is 3. The van der Waals surface area contributed by atoms with E-state index in [-0.39, 0.29) is 4.65 Å². The van der Waals surface area contributed by atoms with Gasteiger partial charge in [0, 0.05) is 6.08 Å². The first-order valence-electron chi connectivity index (χ1n) is 2.63. The fourth-order valence-electron chi connectivity index (χ4n) is 0.307. The standard InChI is InChI=1S/C6H12NO2/c1-5-6(8)9-7(2,3)4/h5H,1H2,2-4H3/q+1. The zero-order chi connectivity index (χ0) is 7.49. The van der Waals surface area contributed by atoms with Crippen LogP contribution in [0.2, 0.25) is 0 Å². The average Bonchev–Trinajstić information content (AvgIpc) is 1.62. The molecule has 0 spiro atoms. The van der Waals surface area contributed by atoms with Gasteiger partial charge in [-0.25, -0.2) is 4.79 Å². The van der Waals surface area contributed by atoms with Gasteiger partial charge in [-0.3, -0.25) is 4.84 Å². The molecule has 0 saturated carbocycles. The van der Waals surface area contributed by atoms with E-state index >= 15 is 0 Å². The number of hydrogen-bond acceptors (Lipinski definition) is 2. The molecule has 0 heterocycles. The first-order valence-corrected chi connectivity index (χ1v) is 2.63. The molecule has 0 aromatic carbocycles. The highest BCUT2D eigenvalue weighted by Crippen LogP contribution is 1.92. The van der Waals surface area contributed by atoms with Gasteiger partial charge in [-0.1, -0.05) is 6.58 Å². The molecule has 9 heavy (non-hydrogen) atoms. The third-order valence-electron chi connectivity index (χ3n) is 0.531. The number of quaternary nitrogens is 1. The molecule has 0 saturated heterocycles. The van der Waals surface area contributed by atoms with Crippen molar-refractivity contribution < 1.29 is 14.3 Å². The second-order valence-electron chi connectivity index (χ2n) is 2.50. The Bertz CT molecular complexity index is 124. The molecule has 0 N–H and O–H groups in total. The maximum Gasteiger partial charge on any atom is 0.389 e. The molecule has 0 radical (unpaired) electrons. The smallest absolute Gasteiger partial charge is 0.273 e. The molecule has 0 unspecified atom stereocenters. The minimum Gasteiger partial charge on any atom is -0.273 e. The van der Waals surface area contributed by atoms with Crippen LogP contribution in [0.25, 0.3) is 0 Å². The summed E-state index contributed by atoms with van der Waals surface area (Å²) in [4.78, 5) is 15.2. The van der Waals surface area contributed by atoms with E-state index in [0.29, 0.717) is 0 Å². The van der Waals surface area contributed by atoms with Crippen LogP contribution in [-0.2, 0) is 9.63 Å². The minimum absolute atomic E-state index is 0.171. The quantitative estimate of drug-likeness (QED) is 0.306.